The van der Waals surface area contributed by atoms with Crippen molar-refractivity contribution >= 4 is 11.8 Å². The van der Waals surface area contributed by atoms with Gasteiger partial charge in [-0.3, -0.25) is 0 Å². The molecule has 0 fully saturated rings. The highest BCUT2D eigenvalue weighted by atomic mass is 32.2. The van der Waals surface area contributed by atoms with Crippen LogP contribution >= 0.6 is 11.8 Å². The second-order valence-electron chi connectivity index (χ2n) is 4.62. The maximum absolute atomic E-state index is 2.41. The van der Waals surface area contributed by atoms with Crippen molar-refractivity contribution in [1.29, 1.82) is 0 Å². The standard InChI is InChI=1S/C14H24N2S/c1-15(2)11-12-16(3)10-7-13-17-14-8-5-4-6-9-14/h4-6,8-9H,7,10-13H2,1-3H3. The molecule has 3 heteroatoms. The monoisotopic (exact) mass is 252 g/mol. The molecule has 0 heterocycles. The van der Waals surface area contributed by atoms with E-state index in [4.69, 9.17) is 0 Å². The highest BCUT2D eigenvalue weighted by Gasteiger charge is 1.99. The van der Waals surface area contributed by atoms with E-state index in [9.17, 15) is 0 Å². The summed E-state index contributed by atoms with van der Waals surface area (Å²) in [5.74, 6) is 1.20. The summed E-state index contributed by atoms with van der Waals surface area (Å²) in [6.45, 7) is 3.49. The molecule has 0 atom stereocenters. The fraction of sp³-hybridized carbons (Fsp3) is 0.571. The van der Waals surface area contributed by atoms with Crippen LogP contribution in [-0.2, 0) is 0 Å². The van der Waals surface area contributed by atoms with Crippen LogP contribution in [0.3, 0.4) is 0 Å². The molecule has 1 aromatic rings. The Labute approximate surface area is 110 Å². The lowest BCUT2D eigenvalue weighted by Gasteiger charge is -2.18. The Balaban J connectivity index is 2.04. The number of benzene rings is 1. The topological polar surface area (TPSA) is 6.48 Å². The van der Waals surface area contributed by atoms with E-state index in [-0.39, 0.29) is 0 Å². The molecular formula is C14H24N2S. The Morgan fingerprint density at radius 3 is 2.29 bits per heavy atom. The largest absolute Gasteiger partial charge is 0.308 e. The van der Waals surface area contributed by atoms with Gasteiger partial charge in [0.2, 0.25) is 0 Å². The van der Waals surface area contributed by atoms with Gasteiger partial charge in [0.1, 0.15) is 0 Å². The van der Waals surface area contributed by atoms with Crippen molar-refractivity contribution in [3.63, 3.8) is 0 Å². The molecule has 0 aromatic heterocycles. The minimum atomic E-state index is 1.14. The lowest BCUT2D eigenvalue weighted by atomic mass is 10.4. The van der Waals surface area contributed by atoms with Gasteiger partial charge < -0.3 is 9.80 Å². The number of rotatable bonds is 8. The highest BCUT2D eigenvalue weighted by Crippen LogP contribution is 2.17. The summed E-state index contributed by atoms with van der Waals surface area (Å²) in [5.41, 5.74) is 0. The van der Waals surface area contributed by atoms with E-state index in [0.29, 0.717) is 0 Å². The average molecular weight is 252 g/mol. The van der Waals surface area contributed by atoms with Crippen LogP contribution in [0.2, 0.25) is 0 Å². The maximum atomic E-state index is 2.41. The molecular weight excluding hydrogens is 228 g/mol. The number of nitrogens with zero attached hydrogens (tertiary/aromatic N) is 2. The Kier molecular flexibility index (Phi) is 7.33. The van der Waals surface area contributed by atoms with E-state index < -0.39 is 0 Å². The third-order valence-electron chi connectivity index (χ3n) is 2.63. The minimum Gasteiger partial charge on any atom is -0.308 e. The van der Waals surface area contributed by atoms with Crippen molar-refractivity contribution in [2.75, 3.05) is 46.5 Å². The lowest BCUT2D eigenvalue weighted by Crippen LogP contribution is -2.29. The van der Waals surface area contributed by atoms with Crippen LogP contribution in [-0.4, -0.2) is 56.3 Å². The van der Waals surface area contributed by atoms with Gasteiger partial charge in [-0.2, -0.15) is 0 Å². The van der Waals surface area contributed by atoms with Gasteiger partial charge in [0, 0.05) is 18.0 Å². The van der Waals surface area contributed by atoms with Gasteiger partial charge in [-0.05, 0) is 52.0 Å². The molecule has 0 spiro atoms. The van der Waals surface area contributed by atoms with Gasteiger partial charge in [0.25, 0.3) is 0 Å². The van der Waals surface area contributed by atoms with Crippen LogP contribution in [0.15, 0.2) is 35.2 Å². The SMILES string of the molecule is CN(C)CCN(C)CCCSc1ccccc1. The molecule has 0 aliphatic rings. The fourth-order valence-electron chi connectivity index (χ4n) is 1.52. The van der Waals surface area contributed by atoms with Crippen molar-refractivity contribution in [2.45, 2.75) is 11.3 Å². The van der Waals surface area contributed by atoms with Gasteiger partial charge in [0.15, 0.2) is 0 Å². The van der Waals surface area contributed by atoms with E-state index in [1.54, 1.807) is 0 Å². The number of hydrogen-bond donors (Lipinski definition) is 0. The third-order valence-corrected chi connectivity index (χ3v) is 3.72. The Morgan fingerprint density at radius 1 is 0.941 bits per heavy atom. The molecule has 0 aliphatic heterocycles. The average Bonchev–Trinajstić information content (AvgIpc) is 2.33. The third kappa shape index (κ3) is 7.42. The summed E-state index contributed by atoms with van der Waals surface area (Å²) in [5, 5.41) is 0. The summed E-state index contributed by atoms with van der Waals surface area (Å²) in [7, 11) is 6.45. The molecule has 1 rings (SSSR count). The summed E-state index contributed by atoms with van der Waals surface area (Å²) in [6.07, 6.45) is 1.25. The highest BCUT2D eigenvalue weighted by molar-refractivity contribution is 7.99. The summed E-state index contributed by atoms with van der Waals surface area (Å²) in [6, 6.07) is 10.6. The Morgan fingerprint density at radius 2 is 1.65 bits per heavy atom. The minimum absolute atomic E-state index is 1.14. The molecule has 0 bridgehead atoms. The van der Waals surface area contributed by atoms with Crippen molar-refractivity contribution in [2.24, 2.45) is 0 Å². The molecule has 0 amide bonds. The molecule has 2 nitrogen and oxygen atoms in total. The smallest absolute Gasteiger partial charge is 0.0106 e. The van der Waals surface area contributed by atoms with Crippen LogP contribution in [0, 0.1) is 0 Å². The predicted molar refractivity (Wildman–Crippen MR) is 77.8 cm³/mol. The van der Waals surface area contributed by atoms with Crippen molar-refractivity contribution in [1.82, 2.24) is 9.80 Å². The molecule has 0 radical (unpaired) electrons. The van der Waals surface area contributed by atoms with Crippen molar-refractivity contribution < 1.29 is 0 Å². The predicted octanol–water partition coefficient (Wildman–Crippen LogP) is 2.66. The maximum Gasteiger partial charge on any atom is 0.0106 e. The summed E-state index contributed by atoms with van der Waals surface area (Å²) in [4.78, 5) is 6.02. The fourth-order valence-corrected chi connectivity index (χ4v) is 2.38. The van der Waals surface area contributed by atoms with Crippen LogP contribution in [0.4, 0.5) is 0 Å². The molecule has 0 saturated carbocycles. The van der Waals surface area contributed by atoms with Crippen LogP contribution in [0.25, 0.3) is 0 Å². The van der Waals surface area contributed by atoms with E-state index in [1.807, 2.05) is 11.8 Å². The molecule has 0 N–H and O–H groups in total. The first-order chi connectivity index (χ1) is 8.18. The zero-order valence-corrected chi connectivity index (χ0v) is 12.0. The molecule has 0 aliphatic carbocycles. The van der Waals surface area contributed by atoms with E-state index in [1.165, 1.54) is 23.6 Å². The lowest BCUT2D eigenvalue weighted by molar-refractivity contribution is 0.283. The quantitative estimate of drug-likeness (QED) is 0.519. The summed E-state index contributed by atoms with van der Waals surface area (Å²) >= 11 is 1.95. The van der Waals surface area contributed by atoms with Gasteiger partial charge in [-0.25, -0.2) is 0 Å². The number of likely N-dealkylation sites (N-methyl/N-ethyl adjacent to an activating group) is 2. The zero-order valence-electron chi connectivity index (χ0n) is 11.2. The second kappa shape index (κ2) is 8.56. The van der Waals surface area contributed by atoms with Gasteiger partial charge in [-0.1, -0.05) is 18.2 Å². The normalized spacial score (nSPS) is 11.4. The molecule has 17 heavy (non-hydrogen) atoms. The van der Waals surface area contributed by atoms with Crippen LogP contribution in [0.1, 0.15) is 6.42 Å². The zero-order chi connectivity index (χ0) is 12.5. The molecule has 1 aromatic carbocycles. The second-order valence-corrected chi connectivity index (χ2v) is 5.79. The Bertz CT molecular complexity index is 288. The number of hydrogen-bond acceptors (Lipinski definition) is 3. The van der Waals surface area contributed by atoms with Gasteiger partial charge in [0.05, 0.1) is 0 Å². The first-order valence-corrected chi connectivity index (χ1v) is 7.18. The van der Waals surface area contributed by atoms with E-state index >= 15 is 0 Å². The van der Waals surface area contributed by atoms with E-state index in [0.717, 1.165) is 13.1 Å². The van der Waals surface area contributed by atoms with Crippen LogP contribution < -0.4 is 0 Å². The van der Waals surface area contributed by atoms with Crippen molar-refractivity contribution in [3.8, 4) is 0 Å². The molecule has 96 valence electrons. The number of thioether (sulfide) groups is 1. The molecule has 0 unspecified atom stereocenters. The first kappa shape index (κ1) is 14.6. The van der Waals surface area contributed by atoms with E-state index in [2.05, 4.69) is 61.3 Å². The first-order valence-electron chi connectivity index (χ1n) is 6.19. The Hall–Kier alpha value is -0.510. The van der Waals surface area contributed by atoms with Gasteiger partial charge in [-0.15, -0.1) is 11.8 Å². The van der Waals surface area contributed by atoms with Crippen molar-refractivity contribution in [3.05, 3.63) is 30.3 Å². The van der Waals surface area contributed by atoms with Gasteiger partial charge >= 0.3 is 0 Å². The summed E-state index contributed by atoms with van der Waals surface area (Å²) < 4.78 is 0. The molecule has 0 saturated heterocycles. The van der Waals surface area contributed by atoms with Crippen LogP contribution in [0.5, 0.6) is 0 Å².